The van der Waals surface area contributed by atoms with Crippen molar-refractivity contribution in [3.63, 3.8) is 0 Å². The molecule has 0 amide bonds. The number of hydrogen-bond acceptors (Lipinski definition) is 3. The van der Waals surface area contributed by atoms with Crippen LogP contribution in [0.5, 0.6) is 0 Å². The topological polar surface area (TPSA) is 44.5 Å². The number of rotatable bonds is 4. The van der Waals surface area contributed by atoms with Crippen LogP contribution in [0.2, 0.25) is 0 Å². The zero-order valence-corrected chi connectivity index (χ0v) is 8.91. The molecule has 0 aliphatic carbocycles. The molecule has 1 aromatic rings. The average molecular weight is 195 g/mol. The highest BCUT2D eigenvalue weighted by atomic mass is 16.7. The maximum absolute atomic E-state index is 5.87. The lowest BCUT2D eigenvalue weighted by atomic mass is 10.1. The fourth-order valence-electron chi connectivity index (χ4n) is 1.34. The molecule has 1 aromatic carbocycles. The lowest BCUT2D eigenvalue weighted by Gasteiger charge is -2.14. The molecule has 0 spiro atoms. The first-order valence-electron chi connectivity index (χ1n) is 4.58. The van der Waals surface area contributed by atoms with Crippen molar-refractivity contribution in [1.82, 2.24) is 0 Å². The van der Waals surface area contributed by atoms with Crippen LogP contribution < -0.4 is 5.73 Å². The summed E-state index contributed by atoms with van der Waals surface area (Å²) in [4.78, 5) is 0. The van der Waals surface area contributed by atoms with E-state index < -0.39 is 0 Å². The number of nitrogens with two attached hydrogens (primary N) is 1. The van der Waals surface area contributed by atoms with Crippen molar-refractivity contribution in [3.05, 3.63) is 29.3 Å². The van der Waals surface area contributed by atoms with Gasteiger partial charge in [-0.05, 0) is 24.1 Å². The Morgan fingerprint density at radius 3 is 2.43 bits per heavy atom. The van der Waals surface area contributed by atoms with E-state index in [4.69, 9.17) is 15.2 Å². The van der Waals surface area contributed by atoms with Gasteiger partial charge >= 0.3 is 0 Å². The highest BCUT2D eigenvalue weighted by Crippen LogP contribution is 2.16. The van der Waals surface area contributed by atoms with Crippen LogP contribution in [0.3, 0.4) is 0 Å². The Hall–Kier alpha value is -1.06. The second kappa shape index (κ2) is 4.98. The maximum atomic E-state index is 5.87. The number of anilines is 1. The zero-order chi connectivity index (χ0) is 10.6. The Kier molecular flexibility index (Phi) is 3.92. The van der Waals surface area contributed by atoms with Gasteiger partial charge in [0.05, 0.1) is 0 Å². The van der Waals surface area contributed by atoms with Gasteiger partial charge in [-0.15, -0.1) is 0 Å². The van der Waals surface area contributed by atoms with Crippen molar-refractivity contribution >= 4 is 5.69 Å². The lowest BCUT2D eigenvalue weighted by Crippen LogP contribution is -2.16. The summed E-state index contributed by atoms with van der Waals surface area (Å²) in [6.07, 6.45) is 0.457. The minimum absolute atomic E-state index is 0.222. The molecule has 0 bridgehead atoms. The summed E-state index contributed by atoms with van der Waals surface area (Å²) in [7, 11) is 3.25. The normalized spacial score (nSPS) is 10.9. The molecule has 1 rings (SSSR count). The first kappa shape index (κ1) is 11.0. The summed E-state index contributed by atoms with van der Waals surface area (Å²) in [5, 5.41) is 0. The summed E-state index contributed by atoms with van der Waals surface area (Å²) < 4.78 is 10.2. The van der Waals surface area contributed by atoms with Crippen LogP contribution in [0.15, 0.2) is 18.2 Å². The summed E-state index contributed by atoms with van der Waals surface area (Å²) in [5.41, 5.74) is 8.89. The van der Waals surface area contributed by atoms with Crippen LogP contribution in [-0.2, 0) is 15.9 Å². The van der Waals surface area contributed by atoms with Crippen molar-refractivity contribution < 1.29 is 9.47 Å². The third kappa shape index (κ3) is 2.72. The molecule has 0 saturated carbocycles. The van der Waals surface area contributed by atoms with E-state index in [0.717, 1.165) is 16.8 Å². The number of ether oxygens (including phenoxy) is 2. The van der Waals surface area contributed by atoms with Crippen LogP contribution in [0, 0.1) is 6.92 Å². The monoisotopic (exact) mass is 195 g/mol. The fourth-order valence-corrected chi connectivity index (χ4v) is 1.34. The standard InChI is InChI=1S/C11H17NO2/c1-8-4-5-9(10(12)6-8)7-11(13-2)14-3/h4-6,11H,7,12H2,1-3H3. The van der Waals surface area contributed by atoms with Gasteiger partial charge in [-0.25, -0.2) is 0 Å². The van der Waals surface area contributed by atoms with E-state index in [9.17, 15) is 0 Å². The van der Waals surface area contributed by atoms with Gasteiger partial charge in [0, 0.05) is 26.3 Å². The Balaban J connectivity index is 2.76. The Morgan fingerprint density at radius 2 is 1.93 bits per heavy atom. The minimum atomic E-state index is -0.222. The van der Waals surface area contributed by atoms with Gasteiger partial charge in [-0.1, -0.05) is 12.1 Å². The van der Waals surface area contributed by atoms with Gasteiger partial charge in [0.15, 0.2) is 6.29 Å². The first-order valence-corrected chi connectivity index (χ1v) is 4.58. The smallest absolute Gasteiger partial charge is 0.160 e. The quantitative estimate of drug-likeness (QED) is 0.588. The highest BCUT2D eigenvalue weighted by molar-refractivity contribution is 5.49. The third-order valence-corrected chi connectivity index (χ3v) is 2.21. The summed E-state index contributed by atoms with van der Waals surface area (Å²) >= 11 is 0. The van der Waals surface area contributed by atoms with E-state index in [-0.39, 0.29) is 6.29 Å². The van der Waals surface area contributed by atoms with Crippen molar-refractivity contribution in [1.29, 1.82) is 0 Å². The predicted molar refractivity (Wildman–Crippen MR) is 57.1 cm³/mol. The Morgan fingerprint density at radius 1 is 1.29 bits per heavy atom. The van der Waals surface area contributed by atoms with Gasteiger partial charge in [0.2, 0.25) is 0 Å². The molecular weight excluding hydrogens is 178 g/mol. The zero-order valence-electron chi connectivity index (χ0n) is 8.91. The molecule has 78 valence electrons. The van der Waals surface area contributed by atoms with Crippen LogP contribution >= 0.6 is 0 Å². The molecule has 0 fully saturated rings. The number of nitrogen functional groups attached to an aromatic ring is 1. The second-order valence-corrected chi connectivity index (χ2v) is 3.31. The van der Waals surface area contributed by atoms with Crippen molar-refractivity contribution in [2.75, 3.05) is 20.0 Å². The summed E-state index contributed by atoms with van der Waals surface area (Å²) in [6, 6.07) is 6.00. The Bertz CT molecular complexity index is 295. The molecule has 0 aromatic heterocycles. The van der Waals surface area contributed by atoms with Crippen LogP contribution in [0.25, 0.3) is 0 Å². The van der Waals surface area contributed by atoms with Gasteiger partial charge in [-0.2, -0.15) is 0 Å². The van der Waals surface area contributed by atoms with Crippen LogP contribution in [-0.4, -0.2) is 20.5 Å². The molecule has 2 N–H and O–H groups in total. The molecule has 0 heterocycles. The molecule has 0 aliphatic heterocycles. The number of methoxy groups -OCH3 is 2. The van der Waals surface area contributed by atoms with Crippen LogP contribution in [0.1, 0.15) is 11.1 Å². The van der Waals surface area contributed by atoms with E-state index in [0.29, 0.717) is 6.42 Å². The van der Waals surface area contributed by atoms with E-state index in [1.165, 1.54) is 0 Å². The second-order valence-electron chi connectivity index (χ2n) is 3.31. The number of benzene rings is 1. The van der Waals surface area contributed by atoms with Gasteiger partial charge in [0.25, 0.3) is 0 Å². The average Bonchev–Trinajstić information content (AvgIpc) is 2.17. The minimum Gasteiger partial charge on any atom is -0.398 e. The van der Waals surface area contributed by atoms with E-state index in [1.54, 1.807) is 14.2 Å². The molecule has 0 unspecified atom stereocenters. The summed E-state index contributed by atoms with van der Waals surface area (Å²) in [6.45, 7) is 2.02. The number of aryl methyl sites for hydroxylation is 1. The predicted octanol–water partition coefficient (Wildman–Crippen LogP) is 1.74. The third-order valence-electron chi connectivity index (χ3n) is 2.21. The molecule has 0 aliphatic rings. The SMILES string of the molecule is COC(Cc1ccc(C)cc1N)OC. The molecule has 3 nitrogen and oxygen atoms in total. The van der Waals surface area contributed by atoms with Gasteiger partial charge in [0.1, 0.15) is 0 Å². The van der Waals surface area contributed by atoms with Crippen LogP contribution in [0.4, 0.5) is 5.69 Å². The van der Waals surface area contributed by atoms with E-state index in [1.807, 2.05) is 25.1 Å². The van der Waals surface area contributed by atoms with Gasteiger partial charge in [-0.3, -0.25) is 0 Å². The summed E-state index contributed by atoms with van der Waals surface area (Å²) in [5.74, 6) is 0. The van der Waals surface area contributed by atoms with Gasteiger partial charge < -0.3 is 15.2 Å². The first-order chi connectivity index (χ1) is 6.67. The Labute approximate surface area is 84.8 Å². The molecule has 14 heavy (non-hydrogen) atoms. The lowest BCUT2D eigenvalue weighted by molar-refractivity contribution is -0.100. The molecule has 0 radical (unpaired) electrons. The van der Waals surface area contributed by atoms with E-state index >= 15 is 0 Å². The van der Waals surface area contributed by atoms with Crippen molar-refractivity contribution in [2.24, 2.45) is 0 Å². The molecule has 3 heteroatoms. The molecule has 0 atom stereocenters. The largest absolute Gasteiger partial charge is 0.398 e. The number of hydrogen-bond donors (Lipinski definition) is 1. The fraction of sp³-hybridized carbons (Fsp3) is 0.455. The highest BCUT2D eigenvalue weighted by Gasteiger charge is 2.08. The molecule has 0 saturated heterocycles. The maximum Gasteiger partial charge on any atom is 0.160 e. The van der Waals surface area contributed by atoms with Crippen molar-refractivity contribution in [3.8, 4) is 0 Å². The van der Waals surface area contributed by atoms with E-state index in [2.05, 4.69) is 0 Å². The molecular formula is C11H17NO2. The van der Waals surface area contributed by atoms with Crippen molar-refractivity contribution in [2.45, 2.75) is 19.6 Å².